The Kier molecular flexibility index (Phi) is 4.25. The molecule has 0 aromatic rings. The summed E-state index contributed by atoms with van der Waals surface area (Å²) < 4.78 is 0. The molecule has 0 saturated heterocycles. The van der Waals surface area contributed by atoms with Crippen molar-refractivity contribution >= 4 is 24.4 Å². The van der Waals surface area contributed by atoms with E-state index in [-0.39, 0.29) is 11.8 Å². The van der Waals surface area contributed by atoms with Crippen molar-refractivity contribution in [2.75, 3.05) is 12.3 Å². The van der Waals surface area contributed by atoms with Crippen LogP contribution in [0, 0.1) is 5.92 Å². The quantitative estimate of drug-likeness (QED) is 0.564. The van der Waals surface area contributed by atoms with Gasteiger partial charge in [-0.15, -0.1) is 0 Å². The molecule has 1 atom stereocenters. The predicted molar refractivity (Wildman–Crippen MR) is 57.2 cm³/mol. The molecule has 1 saturated carbocycles. The zero-order valence-electron chi connectivity index (χ0n) is 8.25. The van der Waals surface area contributed by atoms with E-state index in [2.05, 4.69) is 23.3 Å². The molecule has 80 valence electrons. The zero-order valence-corrected chi connectivity index (χ0v) is 9.14. The van der Waals surface area contributed by atoms with Gasteiger partial charge in [0.15, 0.2) is 0 Å². The molecule has 1 aliphatic rings. The van der Waals surface area contributed by atoms with Gasteiger partial charge in [-0.3, -0.25) is 9.59 Å². The second kappa shape index (κ2) is 5.24. The summed E-state index contributed by atoms with van der Waals surface area (Å²) in [5.74, 6) is 0.639. The second-order valence-electron chi connectivity index (χ2n) is 3.62. The normalized spacial score (nSPS) is 17.3. The Hall–Kier alpha value is -0.710. The third kappa shape index (κ3) is 4.00. The van der Waals surface area contributed by atoms with Crippen molar-refractivity contribution in [1.82, 2.24) is 10.6 Å². The first-order chi connectivity index (χ1) is 6.63. The monoisotopic (exact) mass is 216 g/mol. The lowest BCUT2D eigenvalue weighted by Gasteiger charge is -2.14. The van der Waals surface area contributed by atoms with Crippen LogP contribution in [-0.2, 0) is 9.59 Å². The summed E-state index contributed by atoms with van der Waals surface area (Å²) in [6.07, 6.45) is 2.40. The lowest BCUT2D eigenvalue weighted by atomic mass is 10.3. The molecule has 0 radical (unpaired) electrons. The van der Waals surface area contributed by atoms with Crippen LogP contribution in [0.1, 0.15) is 19.8 Å². The maximum absolute atomic E-state index is 11.5. The fraction of sp³-hybridized carbons (Fsp3) is 0.778. The fourth-order valence-electron chi connectivity index (χ4n) is 1.13. The first-order valence-corrected chi connectivity index (χ1v) is 5.42. The minimum Gasteiger partial charge on any atom is -0.354 e. The molecule has 2 N–H and O–H groups in total. The smallest absolute Gasteiger partial charge is 0.243 e. The molecule has 1 unspecified atom stereocenters. The number of carbonyl (C=O) groups excluding carboxylic acids is 2. The van der Waals surface area contributed by atoms with E-state index in [0.717, 1.165) is 6.54 Å². The van der Waals surface area contributed by atoms with Gasteiger partial charge in [-0.05, 0) is 18.8 Å². The molecule has 2 amide bonds. The summed E-state index contributed by atoms with van der Waals surface area (Å²) in [6.45, 7) is 2.12. The lowest BCUT2D eigenvalue weighted by molar-refractivity contribution is -0.127. The average molecular weight is 216 g/mol. The van der Waals surface area contributed by atoms with Gasteiger partial charge in [0.25, 0.3) is 0 Å². The first kappa shape index (κ1) is 11.4. The number of nitrogens with one attached hydrogen (secondary N) is 2. The molecule has 0 aliphatic heterocycles. The Labute approximate surface area is 89.2 Å². The largest absolute Gasteiger partial charge is 0.354 e. The van der Waals surface area contributed by atoms with Crippen LogP contribution in [0.25, 0.3) is 0 Å². The number of hydrogen-bond acceptors (Lipinski definition) is 3. The van der Waals surface area contributed by atoms with Crippen LogP contribution in [0.2, 0.25) is 0 Å². The summed E-state index contributed by atoms with van der Waals surface area (Å²) in [4.78, 5) is 22.2. The molecule has 1 rings (SSSR count). The number of thiol groups is 1. The van der Waals surface area contributed by atoms with Gasteiger partial charge >= 0.3 is 0 Å². The highest BCUT2D eigenvalue weighted by Crippen LogP contribution is 2.27. The Morgan fingerprint density at radius 1 is 1.50 bits per heavy atom. The SMILES string of the molecule is CC(=O)NC(CS)C(=O)NCC1CC1. The van der Waals surface area contributed by atoms with E-state index in [1.54, 1.807) is 0 Å². The number of amides is 2. The van der Waals surface area contributed by atoms with E-state index in [4.69, 9.17) is 0 Å². The van der Waals surface area contributed by atoms with Crippen LogP contribution >= 0.6 is 12.6 Å². The van der Waals surface area contributed by atoms with Crippen LogP contribution in [0.5, 0.6) is 0 Å². The van der Waals surface area contributed by atoms with Crippen molar-refractivity contribution in [3.05, 3.63) is 0 Å². The number of rotatable bonds is 5. The van der Waals surface area contributed by atoms with Crippen molar-refractivity contribution in [3.8, 4) is 0 Å². The van der Waals surface area contributed by atoms with E-state index in [1.165, 1.54) is 19.8 Å². The second-order valence-corrected chi connectivity index (χ2v) is 3.99. The van der Waals surface area contributed by atoms with E-state index < -0.39 is 6.04 Å². The maximum Gasteiger partial charge on any atom is 0.243 e. The van der Waals surface area contributed by atoms with Crippen molar-refractivity contribution in [2.45, 2.75) is 25.8 Å². The third-order valence-corrected chi connectivity index (χ3v) is 2.50. The van der Waals surface area contributed by atoms with Gasteiger partial charge in [0, 0.05) is 19.2 Å². The van der Waals surface area contributed by atoms with E-state index >= 15 is 0 Å². The van der Waals surface area contributed by atoms with Crippen LogP contribution in [0.15, 0.2) is 0 Å². The van der Waals surface area contributed by atoms with Crippen molar-refractivity contribution in [2.24, 2.45) is 5.92 Å². The average Bonchev–Trinajstić information content (AvgIpc) is 2.93. The number of carbonyl (C=O) groups is 2. The van der Waals surface area contributed by atoms with E-state index in [9.17, 15) is 9.59 Å². The molecule has 14 heavy (non-hydrogen) atoms. The molecule has 0 aromatic heterocycles. The van der Waals surface area contributed by atoms with Crippen LogP contribution < -0.4 is 10.6 Å². The highest BCUT2D eigenvalue weighted by molar-refractivity contribution is 7.80. The summed E-state index contributed by atoms with van der Waals surface area (Å²) in [7, 11) is 0. The Morgan fingerprint density at radius 3 is 2.57 bits per heavy atom. The van der Waals surface area contributed by atoms with Crippen LogP contribution in [0.4, 0.5) is 0 Å². The molecular formula is C9H16N2O2S. The van der Waals surface area contributed by atoms with Gasteiger partial charge in [-0.1, -0.05) is 0 Å². The summed E-state index contributed by atoms with van der Waals surface area (Å²) >= 11 is 4.01. The van der Waals surface area contributed by atoms with Gasteiger partial charge in [0.1, 0.15) is 6.04 Å². The van der Waals surface area contributed by atoms with Crippen molar-refractivity contribution in [3.63, 3.8) is 0 Å². The molecule has 1 fully saturated rings. The summed E-state index contributed by atoms with van der Waals surface area (Å²) in [5.41, 5.74) is 0. The standard InChI is InChI=1S/C9H16N2O2S/c1-6(12)11-8(5-14)9(13)10-4-7-2-3-7/h7-8,14H,2-5H2,1H3,(H,10,13)(H,11,12). The maximum atomic E-state index is 11.5. The topological polar surface area (TPSA) is 58.2 Å². The molecule has 5 heteroatoms. The van der Waals surface area contributed by atoms with E-state index in [1.807, 2.05) is 0 Å². The fourth-order valence-corrected chi connectivity index (χ4v) is 1.39. The van der Waals surface area contributed by atoms with Crippen LogP contribution in [-0.4, -0.2) is 30.2 Å². The molecule has 1 aliphatic carbocycles. The minimum absolute atomic E-state index is 0.137. The third-order valence-electron chi connectivity index (χ3n) is 2.14. The van der Waals surface area contributed by atoms with Gasteiger partial charge in [-0.25, -0.2) is 0 Å². The van der Waals surface area contributed by atoms with Gasteiger partial charge in [0.2, 0.25) is 11.8 Å². The molecule has 0 heterocycles. The van der Waals surface area contributed by atoms with Crippen molar-refractivity contribution < 1.29 is 9.59 Å². The highest BCUT2D eigenvalue weighted by Gasteiger charge is 2.24. The summed E-state index contributed by atoms with van der Waals surface area (Å²) in [5, 5.41) is 5.34. The Balaban J connectivity index is 2.26. The number of hydrogen-bond donors (Lipinski definition) is 3. The van der Waals surface area contributed by atoms with Crippen molar-refractivity contribution in [1.29, 1.82) is 0 Å². The lowest BCUT2D eigenvalue weighted by Crippen LogP contribution is -2.47. The van der Waals surface area contributed by atoms with Gasteiger partial charge in [0.05, 0.1) is 0 Å². The zero-order chi connectivity index (χ0) is 10.6. The minimum atomic E-state index is -0.505. The summed E-state index contributed by atoms with van der Waals surface area (Å²) in [6, 6.07) is -0.505. The Bertz CT molecular complexity index is 229. The highest BCUT2D eigenvalue weighted by atomic mass is 32.1. The molecule has 4 nitrogen and oxygen atoms in total. The first-order valence-electron chi connectivity index (χ1n) is 4.79. The predicted octanol–water partition coefficient (Wildman–Crippen LogP) is -0.0529. The molecule has 0 aromatic carbocycles. The molecular weight excluding hydrogens is 200 g/mol. The Morgan fingerprint density at radius 2 is 2.14 bits per heavy atom. The molecule has 0 bridgehead atoms. The van der Waals surface area contributed by atoms with Gasteiger partial charge < -0.3 is 10.6 Å². The molecule has 0 spiro atoms. The van der Waals surface area contributed by atoms with Gasteiger partial charge in [-0.2, -0.15) is 12.6 Å². The van der Waals surface area contributed by atoms with E-state index in [0.29, 0.717) is 11.7 Å². The van der Waals surface area contributed by atoms with Crippen LogP contribution in [0.3, 0.4) is 0 Å².